The Kier molecular flexibility index (Phi) is 6.63. The molecule has 0 radical (unpaired) electrons. The molecule has 0 aromatic carbocycles. The zero-order valence-electron chi connectivity index (χ0n) is 15.8. The number of carbonyl (C=O) groups is 3. The van der Waals surface area contributed by atoms with Crippen LogP contribution >= 0.6 is 0 Å². The van der Waals surface area contributed by atoms with Crippen LogP contribution in [0.15, 0.2) is 0 Å². The lowest BCUT2D eigenvalue weighted by Gasteiger charge is -2.34. The molecule has 138 valence electrons. The molecule has 0 aromatic heterocycles. The van der Waals surface area contributed by atoms with E-state index < -0.39 is 17.4 Å². The van der Waals surface area contributed by atoms with Gasteiger partial charge in [-0.05, 0) is 60.3 Å². The molecule has 0 bridgehead atoms. The summed E-state index contributed by atoms with van der Waals surface area (Å²) in [5, 5.41) is 8.28. The largest absolute Gasteiger partial charge is 0.348 e. The lowest BCUT2D eigenvalue weighted by atomic mass is 9.97. The van der Waals surface area contributed by atoms with Crippen LogP contribution < -0.4 is 16.0 Å². The maximum absolute atomic E-state index is 12.1. The molecule has 3 N–H and O–H groups in total. The molecule has 24 heavy (non-hydrogen) atoms. The maximum atomic E-state index is 12.1. The second kappa shape index (κ2) is 7.85. The summed E-state index contributed by atoms with van der Waals surface area (Å²) in [6.45, 7) is 13.1. The number of urea groups is 1. The quantitative estimate of drug-likeness (QED) is 0.661. The van der Waals surface area contributed by atoms with Crippen LogP contribution in [0.2, 0.25) is 0 Å². The molecule has 0 aliphatic carbocycles. The molecule has 0 unspecified atom stereocenters. The van der Waals surface area contributed by atoms with E-state index in [-0.39, 0.29) is 17.5 Å². The highest BCUT2D eigenvalue weighted by Crippen LogP contribution is 2.17. The third kappa shape index (κ3) is 7.66. The highest BCUT2D eigenvalue weighted by atomic mass is 16.2. The van der Waals surface area contributed by atoms with Crippen LogP contribution in [-0.2, 0) is 9.59 Å². The predicted molar refractivity (Wildman–Crippen MR) is 93.5 cm³/mol. The normalized spacial score (nSPS) is 16.5. The van der Waals surface area contributed by atoms with Gasteiger partial charge in [0.2, 0.25) is 0 Å². The average Bonchev–Trinajstić information content (AvgIpc) is 2.41. The molecule has 1 aliphatic heterocycles. The Morgan fingerprint density at radius 1 is 0.875 bits per heavy atom. The molecule has 1 aliphatic rings. The lowest BCUT2D eigenvalue weighted by Crippen LogP contribution is -2.52. The zero-order chi connectivity index (χ0) is 18.5. The Morgan fingerprint density at radius 2 is 1.38 bits per heavy atom. The van der Waals surface area contributed by atoms with Gasteiger partial charge in [0.05, 0.1) is 0 Å². The maximum Gasteiger partial charge on any atom is 0.317 e. The summed E-state index contributed by atoms with van der Waals surface area (Å²) >= 11 is 0. The number of likely N-dealkylation sites (tertiary alicyclic amines) is 1. The van der Waals surface area contributed by atoms with E-state index in [1.165, 1.54) is 0 Å². The van der Waals surface area contributed by atoms with Crippen LogP contribution in [0, 0.1) is 5.92 Å². The number of piperidine rings is 1. The molecule has 0 aromatic rings. The average molecular weight is 340 g/mol. The van der Waals surface area contributed by atoms with Gasteiger partial charge in [0.15, 0.2) is 0 Å². The molecular formula is C17H32N4O3. The predicted octanol–water partition coefficient (Wildman–Crippen LogP) is 1.24. The number of hydrogen-bond donors (Lipinski definition) is 3. The van der Waals surface area contributed by atoms with E-state index in [1.807, 2.05) is 41.5 Å². The first kappa shape index (κ1) is 20.3. The van der Waals surface area contributed by atoms with Crippen LogP contribution in [0.25, 0.3) is 0 Å². The van der Waals surface area contributed by atoms with Gasteiger partial charge in [0.25, 0.3) is 0 Å². The highest BCUT2D eigenvalue weighted by Gasteiger charge is 2.26. The van der Waals surface area contributed by atoms with Crippen molar-refractivity contribution >= 4 is 17.8 Å². The van der Waals surface area contributed by atoms with Gasteiger partial charge in [0, 0.05) is 30.7 Å². The molecule has 1 fully saturated rings. The van der Waals surface area contributed by atoms with Crippen LogP contribution in [0.4, 0.5) is 4.79 Å². The van der Waals surface area contributed by atoms with Crippen molar-refractivity contribution in [3.63, 3.8) is 0 Å². The fourth-order valence-corrected chi connectivity index (χ4v) is 2.45. The number of nitrogens with zero attached hydrogens (tertiary/aromatic N) is 1. The van der Waals surface area contributed by atoms with Gasteiger partial charge in [0.1, 0.15) is 0 Å². The van der Waals surface area contributed by atoms with E-state index >= 15 is 0 Å². The van der Waals surface area contributed by atoms with Crippen molar-refractivity contribution in [3.8, 4) is 0 Å². The van der Waals surface area contributed by atoms with Gasteiger partial charge >= 0.3 is 17.8 Å². The van der Waals surface area contributed by atoms with Gasteiger partial charge < -0.3 is 20.9 Å². The summed E-state index contributed by atoms with van der Waals surface area (Å²) in [4.78, 5) is 37.4. The number of nitrogens with one attached hydrogen (secondary N) is 3. The first-order valence-electron chi connectivity index (χ1n) is 8.55. The number of carbonyl (C=O) groups excluding carboxylic acids is 3. The number of rotatable bonds is 2. The second-order valence-electron chi connectivity index (χ2n) is 8.52. The molecule has 1 saturated heterocycles. The van der Waals surface area contributed by atoms with Crippen molar-refractivity contribution in [1.29, 1.82) is 0 Å². The Hall–Kier alpha value is -1.79. The molecule has 1 heterocycles. The topological polar surface area (TPSA) is 90.5 Å². The van der Waals surface area contributed by atoms with Crippen LogP contribution in [0.1, 0.15) is 54.4 Å². The first-order valence-corrected chi connectivity index (χ1v) is 8.55. The van der Waals surface area contributed by atoms with Crippen LogP contribution in [-0.4, -0.2) is 53.5 Å². The monoisotopic (exact) mass is 340 g/mol. The fraction of sp³-hybridized carbons (Fsp3) is 0.824. The minimum atomic E-state index is -0.607. The first-order chi connectivity index (χ1) is 10.9. The molecule has 0 saturated carbocycles. The highest BCUT2D eigenvalue weighted by molar-refractivity contribution is 6.35. The van der Waals surface area contributed by atoms with Crippen LogP contribution in [0.5, 0.6) is 0 Å². The van der Waals surface area contributed by atoms with E-state index in [0.717, 1.165) is 12.8 Å². The molecule has 0 spiro atoms. The zero-order valence-corrected chi connectivity index (χ0v) is 15.8. The molecule has 1 rings (SSSR count). The summed E-state index contributed by atoms with van der Waals surface area (Å²) < 4.78 is 0. The minimum absolute atomic E-state index is 0.0467. The standard InChI is InChI=1S/C17H32N4O3/c1-16(2,3)19-14(23)13(22)18-11-12-7-9-21(10-8-12)15(24)20-17(4,5)6/h12H,7-11H2,1-6H3,(H,18,22)(H,19,23)(H,20,24). The lowest BCUT2D eigenvalue weighted by molar-refractivity contribution is -0.140. The summed E-state index contributed by atoms with van der Waals surface area (Å²) in [5.41, 5.74) is -0.678. The minimum Gasteiger partial charge on any atom is -0.348 e. The second-order valence-corrected chi connectivity index (χ2v) is 8.52. The van der Waals surface area contributed by atoms with Crippen LogP contribution in [0.3, 0.4) is 0 Å². The Balaban J connectivity index is 2.33. The third-order valence-electron chi connectivity index (χ3n) is 3.63. The van der Waals surface area contributed by atoms with Crippen molar-refractivity contribution < 1.29 is 14.4 Å². The van der Waals surface area contributed by atoms with Gasteiger partial charge in [-0.15, -0.1) is 0 Å². The summed E-state index contributed by atoms with van der Waals surface area (Å²) in [5.74, 6) is -0.919. The van der Waals surface area contributed by atoms with E-state index in [9.17, 15) is 14.4 Å². The van der Waals surface area contributed by atoms with Crippen molar-refractivity contribution in [2.24, 2.45) is 5.92 Å². The Morgan fingerprint density at radius 3 is 1.83 bits per heavy atom. The molecular weight excluding hydrogens is 308 g/mol. The Bertz CT molecular complexity index is 469. The molecule has 7 nitrogen and oxygen atoms in total. The number of hydrogen-bond acceptors (Lipinski definition) is 3. The van der Waals surface area contributed by atoms with E-state index in [2.05, 4.69) is 16.0 Å². The summed E-state index contributed by atoms with van der Waals surface area (Å²) in [7, 11) is 0. The van der Waals surface area contributed by atoms with Crippen molar-refractivity contribution in [3.05, 3.63) is 0 Å². The van der Waals surface area contributed by atoms with E-state index in [1.54, 1.807) is 4.90 Å². The Labute approximate surface area is 144 Å². The van der Waals surface area contributed by atoms with Crippen molar-refractivity contribution in [1.82, 2.24) is 20.9 Å². The van der Waals surface area contributed by atoms with Gasteiger partial charge in [-0.1, -0.05) is 0 Å². The third-order valence-corrected chi connectivity index (χ3v) is 3.63. The molecule has 0 atom stereocenters. The van der Waals surface area contributed by atoms with E-state index in [4.69, 9.17) is 0 Å². The summed E-state index contributed by atoms with van der Waals surface area (Å²) in [6, 6.07) is -0.0467. The van der Waals surface area contributed by atoms with E-state index in [0.29, 0.717) is 19.6 Å². The van der Waals surface area contributed by atoms with Crippen molar-refractivity contribution in [2.45, 2.75) is 65.5 Å². The SMILES string of the molecule is CC(C)(C)NC(=O)C(=O)NCC1CCN(C(=O)NC(C)(C)C)CC1. The fourth-order valence-electron chi connectivity index (χ4n) is 2.45. The smallest absolute Gasteiger partial charge is 0.317 e. The summed E-state index contributed by atoms with van der Waals surface area (Å²) in [6.07, 6.45) is 1.64. The number of amides is 4. The molecule has 4 amide bonds. The van der Waals surface area contributed by atoms with Gasteiger partial charge in [-0.25, -0.2) is 4.79 Å². The van der Waals surface area contributed by atoms with Gasteiger partial charge in [-0.3, -0.25) is 9.59 Å². The van der Waals surface area contributed by atoms with Gasteiger partial charge in [-0.2, -0.15) is 0 Å². The molecule has 7 heteroatoms. The van der Waals surface area contributed by atoms with Crippen molar-refractivity contribution in [2.75, 3.05) is 19.6 Å².